The predicted molar refractivity (Wildman–Crippen MR) is 80.5 cm³/mol. The van der Waals surface area contributed by atoms with Crippen molar-refractivity contribution in [2.24, 2.45) is 5.92 Å². The van der Waals surface area contributed by atoms with E-state index in [2.05, 4.69) is 17.2 Å². The van der Waals surface area contributed by atoms with Gasteiger partial charge in [0.2, 0.25) is 5.75 Å². The van der Waals surface area contributed by atoms with Crippen LogP contribution in [0.15, 0.2) is 18.3 Å². The predicted octanol–water partition coefficient (Wildman–Crippen LogP) is 2.45. The Labute approximate surface area is 129 Å². The van der Waals surface area contributed by atoms with Crippen LogP contribution >= 0.6 is 0 Å². The largest absolute Gasteiger partial charge is 0.473 e. The number of hydrogen-bond donors (Lipinski definition) is 1. The minimum absolute atomic E-state index is 0.00634. The van der Waals surface area contributed by atoms with Crippen molar-refractivity contribution < 1.29 is 14.5 Å². The maximum atomic E-state index is 12.2. The number of aromatic nitrogens is 1. The highest BCUT2D eigenvalue weighted by molar-refractivity contribution is 5.81. The molecule has 0 aliphatic heterocycles. The van der Waals surface area contributed by atoms with E-state index in [1.807, 2.05) is 0 Å². The van der Waals surface area contributed by atoms with Crippen LogP contribution < -0.4 is 10.1 Å². The number of pyridine rings is 1. The maximum Gasteiger partial charge on any atom is 0.406 e. The van der Waals surface area contributed by atoms with Gasteiger partial charge in [-0.2, -0.15) is 0 Å². The monoisotopic (exact) mass is 307 g/mol. The van der Waals surface area contributed by atoms with Crippen molar-refractivity contribution in [3.63, 3.8) is 0 Å². The van der Waals surface area contributed by atoms with Crippen molar-refractivity contribution in [3.05, 3.63) is 28.4 Å². The molecule has 0 radical (unpaired) electrons. The van der Waals surface area contributed by atoms with Crippen LogP contribution in [0.3, 0.4) is 0 Å². The van der Waals surface area contributed by atoms with E-state index in [1.165, 1.54) is 24.8 Å². The van der Waals surface area contributed by atoms with Crippen LogP contribution in [0.1, 0.15) is 39.5 Å². The molecule has 1 aliphatic rings. The molecular formula is C15H21N3O4. The van der Waals surface area contributed by atoms with Crippen LogP contribution in [-0.4, -0.2) is 28.0 Å². The summed E-state index contributed by atoms with van der Waals surface area (Å²) < 4.78 is 5.43. The molecule has 0 aromatic carbocycles. The smallest absolute Gasteiger partial charge is 0.406 e. The zero-order chi connectivity index (χ0) is 16.1. The van der Waals surface area contributed by atoms with Crippen molar-refractivity contribution >= 4 is 11.7 Å². The lowest BCUT2D eigenvalue weighted by Gasteiger charge is -2.30. The van der Waals surface area contributed by atoms with Crippen LogP contribution in [0.2, 0.25) is 0 Å². The number of amides is 1. The van der Waals surface area contributed by atoms with Crippen molar-refractivity contribution in [3.8, 4) is 5.75 Å². The van der Waals surface area contributed by atoms with Crippen LogP contribution in [0.4, 0.5) is 5.82 Å². The van der Waals surface area contributed by atoms with Gasteiger partial charge in [-0.05, 0) is 47.7 Å². The number of nitro groups is 1. The number of nitrogens with zero attached hydrogens (tertiary/aromatic N) is 2. The third-order valence-electron chi connectivity index (χ3n) is 4.04. The fourth-order valence-corrected chi connectivity index (χ4v) is 2.69. The lowest BCUT2D eigenvalue weighted by atomic mass is 9.86. The molecule has 0 saturated heterocycles. The molecule has 120 valence electrons. The summed E-state index contributed by atoms with van der Waals surface area (Å²) in [6.45, 7) is 3.71. The van der Waals surface area contributed by atoms with E-state index >= 15 is 0 Å². The van der Waals surface area contributed by atoms with Crippen LogP contribution in [0, 0.1) is 16.0 Å². The Balaban J connectivity index is 1.98. The first-order valence-electron chi connectivity index (χ1n) is 7.55. The maximum absolute atomic E-state index is 12.2. The minimum Gasteiger partial charge on any atom is -0.473 e. The van der Waals surface area contributed by atoms with E-state index in [1.54, 1.807) is 6.92 Å². The average Bonchev–Trinajstić information content (AvgIpc) is 2.49. The summed E-state index contributed by atoms with van der Waals surface area (Å²) in [6.07, 6.45) is 4.89. The summed E-state index contributed by atoms with van der Waals surface area (Å²) in [5, 5.41) is 13.9. The molecule has 0 bridgehead atoms. The van der Waals surface area contributed by atoms with Gasteiger partial charge in [-0.3, -0.25) is 4.79 Å². The SMILES string of the molecule is CC(Oc1cccnc1[N+](=O)[O-])C(=O)NC1CCCCC1C. The van der Waals surface area contributed by atoms with E-state index in [0.29, 0.717) is 5.92 Å². The van der Waals surface area contributed by atoms with Crippen molar-refractivity contribution in [1.29, 1.82) is 0 Å². The van der Waals surface area contributed by atoms with Crippen molar-refractivity contribution in [2.45, 2.75) is 51.7 Å². The Morgan fingerprint density at radius 2 is 2.23 bits per heavy atom. The van der Waals surface area contributed by atoms with Crippen LogP contribution in [-0.2, 0) is 4.79 Å². The molecule has 22 heavy (non-hydrogen) atoms. The molecule has 1 aromatic heterocycles. The third kappa shape index (κ3) is 3.93. The van der Waals surface area contributed by atoms with Crippen molar-refractivity contribution in [1.82, 2.24) is 10.3 Å². The summed E-state index contributed by atoms with van der Waals surface area (Å²) in [5.74, 6) is -0.186. The lowest BCUT2D eigenvalue weighted by Crippen LogP contribution is -2.46. The summed E-state index contributed by atoms with van der Waals surface area (Å²) in [6, 6.07) is 3.13. The Kier molecular flexibility index (Phi) is 5.30. The zero-order valence-electron chi connectivity index (χ0n) is 12.8. The standard InChI is InChI=1S/C15H21N3O4/c1-10-6-3-4-7-12(10)17-15(19)11(2)22-13-8-5-9-16-14(13)18(20)21/h5,8-12H,3-4,6-7H2,1-2H3,(H,17,19). The molecule has 1 amide bonds. The van der Waals surface area contributed by atoms with Crippen molar-refractivity contribution in [2.75, 3.05) is 0 Å². The third-order valence-corrected chi connectivity index (χ3v) is 4.04. The topological polar surface area (TPSA) is 94.4 Å². The molecule has 0 spiro atoms. The van der Waals surface area contributed by atoms with Gasteiger partial charge in [-0.25, -0.2) is 0 Å². The van der Waals surface area contributed by atoms with E-state index in [4.69, 9.17) is 4.74 Å². The molecule has 1 aromatic rings. The zero-order valence-corrected chi connectivity index (χ0v) is 12.8. The number of carbonyl (C=O) groups is 1. The van der Waals surface area contributed by atoms with Gasteiger partial charge in [-0.1, -0.05) is 19.8 Å². The van der Waals surface area contributed by atoms with E-state index in [9.17, 15) is 14.9 Å². The Morgan fingerprint density at radius 3 is 2.91 bits per heavy atom. The summed E-state index contributed by atoms with van der Waals surface area (Å²) in [7, 11) is 0. The number of nitrogens with one attached hydrogen (secondary N) is 1. The lowest BCUT2D eigenvalue weighted by molar-refractivity contribution is -0.390. The van der Waals surface area contributed by atoms with Gasteiger partial charge in [0.15, 0.2) is 6.10 Å². The van der Waals surface area contributed by atoms with E-state index < -0.39 is 11.0 Å². The highest BCUT2D eigenvalue weighted by Crippen LogP contribution is 2.25. The Morgan fingerprint density at radius 1 is 1.50 bits per heavy atom. The van der Waals surface area contributed by atoms with Crippen LogP contribution in [0.25, 0.3) is 0 Å². The first-order valence-corrected chi connectivity index (χ1v) is 7.55. The second kappa shape index (κ2) is 7.20. The fourth-order valence-electron chi connectivity index (χ4n) is 2.69. The molecule has 1 heterocycles. The number of hydrogen-bond acceptors (Lipinski definition) is 5. The second-order valence-electron chi connectivity index (χ2n) is 5.72. The second-order valence-corrected chi connectivity index (χ2v) is 5.72. The number of rotatable bonds is 5. The van der Waals surface area contributed by atoms with Gasteiger partial charge < -0.3 is 20.2 Å². The van der Waals surface area contributed by atoms with Gasteiger partial charge in [0, 0.05) is 6.04 Å². The minimum atomic E-state index is -0.808. The molecule has 1 aliphatic carbocycles. The Bertz CT molecular complexity index is 549. The molecule has 3 unspecified atom stereocenters. The molecular weight excluding hydrogens is 286 g/mol. The van der Waals surface area contributed by atoms with Gasteiger partial charge in [-0.15, -0.1) is 0 Å². The van der Waals surface area contributed by atoms with Gasteiger partial charge in [0.1, 0.15) is 6.20 Å². The van der Waals surface area contributed by atoms with E-state index in [0.717, 1.165) is 19.3 Å². The van der Waals surface area contributed by atoms with Crippen LogP contribution in [0.5, 0.6) is 5.75 Å². The summed E-state index contributed by atoms with van der Waals surface area (Å²) >= 11 is 0. The van der Waals surface area contributed by atoms with E-state index in [-0.39, 0.29) is 23.5 Å². The highest BCUT2D eigenvalue weighted by atomic mass is 16.6. The Hall–Kier alpha value is -2.18. The van der Waals surface area contributed by atoms with Gasteiger partial charge in [0.25, 0.3) is 5.91 Å². The first-order chi connectivity index (χ1) is 10.5. The highest BCUT2D eigenvalue weighted by Gasteiger charge is 2.27. The molecule has 1 fully saturated rings. The average molecular weight is 307 g/mol. The molecule has 3 atom stereocenters. The quantitative estimate of drug-likeness (QED) is 0.666. The first kappa shape index (κ1) is 16.2. The number of carbonyl (C=O) groups excluding carboxylic acids is 1. The summed E-state index contributed by atoms with van der Waals surface area (Å²) in [5.41, 5.74) is 0. The summed E-state index contributed by atoms with van der Waals surface area (Å²) in [4.78, 5) is 26.2. The molecule has 7 heteroatoms. The molecule has 1 N–H and O–H groups in total. The molecule has 2 rings (SSSR count). The molecule has 7 nitrogen and oxygen atoms in total. The fraction of sp³-hybridized carbons (Fsp3) is 0.600. The van der Waals surface area contributed by atoms with Gasteiger partial charge >= 0.3 is 5.82 Å². The van der Waals surface area contributed by atoms with Gasteiger partial charge in [0.05, 0.1) is 0 Å². The molecule has 1 saturated carbocycles. The number of ether oxygens (including phenoxy) is 1. The normalized spacial score (nSPS) is 22.6.